The van der Waals surface area contributed by atoms with Gasteiger partial charge in [-0.05, 0) is 11.6 Å². The van der Waals surface area contributed by atoms with E-state index in [0.29, 0.717) is 29.5 Å². The van der Waals surface area contributed by atoms with Crippen molar-refractivity contribution < 1.29 is 19.0 Å². The second kappa shape index (κ2) is 9.41. The van der Waals surface area contributed by atoms with Gasteiger partial charge in [-0.25, -0.2) is 9.97 Å². The van der Waals surface area contributed by atoms with Crippen molar-refractivity contribution in [2.24, 2.45) is 0 Å². The summed E-state index contributed by atoms with van der Waals surface area (Å²) in [6.07, 6.45) is 1.52. The molecular weight excluding hydrogens is 372 g/mol. The van der Waals surface area contributed by atoms with Crippen LogP contribution in [0.5, 0.6) is 17.2 Å². The maximum absolute atomic E-state index is 12.4. The number of amides is 1. The van der Waals surface area contributed by atoms with Gasteiger partial charge in [-0.3, -0.25) is 4.79 Å². The summed E-state index contributed by atoms with van der Waals surface area (Å²) in [5.74, 6) is 1.45. The number of carbonyl (C=O) groups excluding carboxylic acids is 1. The summed E-state index contributed by atoms with van der Waals surface area (Å²) in [7, 11) is 4.61. The first-order valence-corrected chi connectivity index (χ1v) is 8.86. The van der Waals surface area contributed by atoms with Crippen LogP contribution in [0.15, 0.2) is 54.7 Å². The third-order valence-corrected chi connectivity index (χ3v) is 4.10. The second-order valence-corrected chi connectivity index (χ2v) is 5.97. The zero-order valence-electron chi connectivity index (χ0n) is 16.4. The van der Waals surface area contributed by atoms with Gasteiger partial charge in [0.15, 0.2) is 11.5 Å². The molecule has 0 aliphatic carbocycles. The van der Waals surface area contributed by atoms with Crippen LogP contribution in [0.25, 0.3) is 0 Å². The minimum Gasteiger partial charge on any atom is -0.493 e. The topological polar surface area (TPSA) is 94.6 Å². The van der Waals surface area contributed by atoms with Crippen LogP contribution in [0.4, 0.5) is 11.6 Å². The molecule has 150 valence electrons. The number of hydrogen-bond donors (Lipinski definition) is 2. The summed E-state index contributed by atoms with van der Waals surface area (Å²) < 4.78 is 16.0. The average Bonchev–Trinajstić information content (AvgIpc) is 2.77. The van der Waals surface area contributed by atoms with Crippen molar-refractivity contribution in [3.05, 3.63) is 66.0 Å². The molecule has 0 saturated carbocycles. The SMILES string of the molecule is COc1cc(Nc2nccc(C(=O)NCc3ccccc3)n2)cc(OC)c1OC. The molecule has 2 N–H and O–H groups in total. The highest BCUT2D eigenvalue weighted by Crippen LogP contribution is 2.40. The van der Waals surface area contributed by atoms with Crippen LogP contribution in [0.3, 0.4) is 0 Å². The van der Waals surface area contributed by atoms with Crippen molar-refractivity contribution in [1.82, 2.24) is 15.3 Å². The Balaban J connectivity index is 1.75. The lowest BCUT2D eigenvalue weighted by Crippen LogP contribution is -2.24. The number of methoxy groups -OCH3 is 3. The van der Waals surface area contributed by atoms with Crippen LogP contribution in [0.1, 0.15) is 16.1 Å². The third-order valence-electron chi connectivity index (χ3n) is 4.10. The molecule has 0 bridgehead atoms. The standard InChI is InChI=1S/C21H22N4O4/c1-27-17-11-15(12-18(28-2)19(17)29-3)24-21-22-10-9-16(25-21)20(26)23-13-14-7-5-4-6-8-14/h4-12H,13H2,1-3H3,(H,23,26)(H,22,24,25). The molecule has 1 aromatic heterocycles. The van der Waals surface area contributed by atoms with E-state index in [-0.39, 0.29) is 17.5 Å². The molecule has 3 aromatic rings. The second-order valence-electron chi connectivity index (χ2n) is 5.97. The molecule has 0 radical (unpaired) electrons. The number of rotatable bonds is 8. The Morgan fingerprint density at radius 1 is 0.966 bits per heavy atom. The van der Waals surface area contributed by atoms with E-state index in [2.05, 4.69) is 20.6 Å². The Hall–Kier alpha value is -3.81. The van der Waals surface area contributed by atoms with Gasteiger partial charge in [0.25, 0.3) is 5.91 Å². The first-order valence-electron chi connectivity index (χ1n) is 8.86. The summed E-state index contributed by atoms with van der Waals surface area (Å²) >= 11 is 0. The van der Waals surface area contributed by atoms with Gasteiger partial charge in [0, 0.05) is 30.6 Å². The molecule has 0 aliphatic rings. The largest absolute Gasteiger partial charge is 0.493 e. The molecule has 0 atom stereocenters. The van der Waals surface area contributed by atoms with Crippen molar-refractivity contribution in [1.29, 1.82) is 0 Å². The Bertz CT molecular complexity index is 954. The molecule has 0 fully saturated rings. The van der Waals surface area contributed by atoms with Gasteiger partial charge in [-0.15, -0.1) is 0 Å². The smallest absolute Gasteiger partial charge is 0.270 e. The predicted molar refractivity (Wildman–Crippen MR) is 109 cm³/mol. The highest BCUT2D eigenvalue weighted by Gasteiger charge is 2.14. The third kappa shape index (κ3) is 4.92. The summed E-state index contributed by atoms with van der Waals surface area (Å²) in [5.41, 5.74) is 1.89. The van der Waals surface area contributed by atoms with Gasteiger partial charge < -0.3 is 24.8 Å². The number of aromatic nitrogens is 2. The Kier molecular flexibility index (Phi) is 6.47. The minimum atomic E-state index is -0.288. The lowest BCUT2D eigenvalue weighted by atomic mass is 10.2. The van der Waals surface area contributed by atoms with Crippen molar-refractivity contribution in [2.75, 3.05) is 26.6 Å². The first kappa shape index (κ1) is 19.9. The summed E-state index contributed by atoms with van der Waals surface area (Å²) in [6, 6.07) is 14.7. The molecule has 0 saturated heterocycles. The van der Waals surface area contributed by atoms with E-state index in [0.717, 1.165) is 5.56 Å². The quantitative estimate of drug-likeness (QED) is 0.606. The van der Waals surface area contributed by atoms with Gasteiger partial charge >= 0.3 is 0 Å². The van der Waals surface area contributed by atoms with Crippen LogP contribution in [0, 0.1) is 0 Å². The molecule has 1 heterocycles. The number of nitrogens with one attached hydrogen (secondary N) is 2. The van der Waals surface area contributed by atoms with Crippen molar-refractivity contribution in [3.8, 4) is 17.2 Å². The monoisotopic (exact) mass is 394 g/mol. The molecule has 8 heteroatoms. The summed E-state index contributed by atoms with van der Waals surface area (Å²) in [6.45, 7) is 0.416. The molecule has 29 heavy (non-hydrogen) atoms. The van der Waals surface area contributed by atoms with Crippen LogP contribution in [-0.2, 0) is 6.54 Å². The summed E-state index contributed by atoms with van der Waals surface area (Å²) in [4.78, 5) is 20.9. The van der Waals surface area contributed by atoms with Crippen LogP contribution < -0.4 is 24.8 Å². The van der Waals surface area contributed by atoms with Gasteiger partial charge in [0.2, 0.25) is 11.7 Å². The number of benzene rings is 2. The number of anilines is 2. The Morgan fingerprint density at radius 2 is 1.66 bits per heavy atom. The molecule has 2 aromatic carbocycles. The van der Waals surface area contributed by atoms with Gasteiger partial charge in [0.1, 0.15) is 5.69 Å². The van der Waals surface area contributed by atoms with E-state index in [1.807, 2.05) is 30.3 Å². The van der Waals surface area contributed by atoms with E-state index in [1.54, 1.807) is 18.2 Å². The number of ether oxygens (including phenoxy) is 3. The van der Waals surface area contributed by atoms with Crippen LogP contribution in [0.2, 0.25) is 0 Å². The molecular formula is C21H22N4O4. The van der Waals surface area contributed by atoms with E-state index in [1.165, 1.54) is 27.5 Å². The minimum absolute atomic E-state index is 0.255. The fourth-order valence-electron chi connectivity index (χ4n) is 2.70. The van der Waals surface area contributed by atoms with E-state index >= 15 is 0 Å². The average molecular weight is 394 g/mol. The molecule has 8 nitrogen and oxygen atoms in total. The lowest BCUT2D eigenvalue weighted by molar-refractivity contribution is 0.0946. The fraction of sp³-hybridized carbons (Fsp3) is 0.190. The lowest BCUT2D eigenvalue weighted by Gasteiger charge is -2.14. The molecule has 0 unspecified atom stereocenters. The number of nitrogens with zero attached hydrogens (tertiary/aromatic N) is 2. The van der Waals surface area contributed by atoms with E-state index in [9.17, 15) is 4.79 Å². The van der Waals surface area contributed by atoms with Gasteiger partial charge in [0.05, 0.1) is 21.3 Å². The zero-order chi connectivity index (χ0) is 20.6. The molecule has 0 spiro atoms. The van der Waals surface area contributed by atoms with Crippen molar-refractivity contribution >= 4 is 17.5 Å². The maximum atomic E-state index is 12.4. The molecule has 3 rings (SSSR count). The van der Waals surface area contributed by atoms with Crippen molar-refractivity contribution in [2.45, 2.75) is 6.54 Å². The Morgan fingerprint density at radius 3 is 2.28 bits per heavy atom. The first-order chi connectivity index (χ1) is 14.1. The van der Waals surface area contributed by atoms with Crippen LogP contribution in [-0.4, -0.2) is 37.2 Å². The number of carbonyl (C=O) groups is 1. The number of hydrogen-bond acceptors (Lipinski definition) is 7. The Labute approximate surface area is 168 Å². The van der Waals surface area contributed by atoms with Crippen LogP contribution >= 0.6 is 0 Å². The predicted octanol–water partition coefficient (Wildman–Crippen LogP) is 3.18. The molecule has 0 aliphatic heterocycles. The maximum Gasteiger partial charge on any atom is 0.270 e. The zero-order valence-corrected chi connectivity index (χ0v) is 16.4. The molecule has 1 amide bonds. The van der Waals surface area contributed by atoms with Crippen molar-refractivity contribution in [3.63, 3.8) is 0 Å². The van der Waals surface area contributed by atoms with E-state index < -0.39 is 0 Å². The van der Waals surface area contributed by atoms with Gasteiger partial charge in [-0.2, -0.15) is 0 Å². The van der Waals surface area contributed by atoms with Gasteiger partial charge in [-0.1, -0.05) is 30.3 Å². The normalized spacial score (nSPS) is 10.2. The fourth-order valence-corrected chi connectivity index (χ4v) is 2.70. The summed E-state index contributed by atoms with van der Waals surface area (Å²) in [5, 5.41) is 5.90. The highest BCUT2D eigenvalue weighted by molar-refractivity contribution is 5.92. The highest BCUT2D eigenvalue weighted by atomic mass is 16.5. The van der Waals surface area contributed by atoms with E-state index in [4.69, 9.17) is 14.2 Å².